The minimum atomic E-state index is -0.784. The molecule has 0 spiro atoms. The van der Waals surface area contributed by atoms with Gasteiger partial charge < -0.3 is 14.2 Å². The van der Waals surface area contributed by atoms with Crippen molar-refractivity contribution in [2.75, 3.05) is 13.2 Å². The van der Waals surface area contributed by atoms with Crippen molar-refractivity contribution in [3.05, 3.63) is 60.8 Å². The van der Waals surface area contributed by atoms with Crippen LogP contribution in [0.25, 0.3) is 0 Å². The van der Waals surface area contributed by atoms with Crippen molar-refractivity contribution in [3.8, 4) is 0 Å². The molecule has 1 atom stereocenters. The number of unbranched alkanes of at least 4 members (excludes halogenated alkanes) is 32. The Morgan fingerprint density at radius 2 is 0.574 bits per heavy atom. The largest absolute Gasteiger partial charge is 0.462 e. The molecule has 0 N–H and O–H groups in total. The highest BCUT2D eigenvalue weighted by atomic mass is 16.6. The average Bonchev–Trinajstić information content (AvgIpc) is 3.34. The summed E-state index contributed by atoms with van der Waals surface area (Å²) in [4.78, 5) is 38.2. The quantitative estimate of drug-likeness (QED) is 0.0262. The summed E-state index contributed by atoms with van der Waals surface area (Å²) in [6, 6.07) is 0. The van der Waals surface area contributed by atoms with Gasteiger partial charge in [0.15, 0.2) is 6.10 Å². The molecule has 0 saturated carbocycles. The zero-order valence-electron chi connectivity index (χ0n) is 45.1. The zero-order chi connectivity index (χ0) is 49.3. The Hall–Kier alpha value is -2.89. The minimum absolute atomic E-state index is 0.0806. The van der Waals surface area contributed by atoms with Crippen LogP contribution in [0.3, 0.4) is 0 Å². The highest BCUT2D eigenvalue weighted by Gasteiger charge is 2.19. The lowest BCUT2D eigenvalue weighted by Gasteiger charge is -2.18. The van der Waals surface area contributed by atoms with Gasteiger partial charge in [0.05, 0.1) is 0 Å². The van der Waals surface area contributed by atoms with E-state index in [2.05, 4.69) is 81.5 Å². The van der Waals surface area contributed by atoms with Crippen molar-refractivity contribution in [1.82, 2.24) is 0 Å². The summed E-state index contributed by atoms with van der Waals surface area (Å²) >= 11 is 0. The van der Waals surface area contributed by atoms with Gasteiger partial charge in [0.2, 0.25) is 0 Å². The molecular formula is C62H110O6. The Balaban J connectivity index is 4.41. The molecule has 0 saturated heterocycles. The van der Waals surface area contributed by atoms with Crippen molar-refractivity contribution < 1.29 is 28.6 Å². The van der Waals surface area contributed by atoms with E-state index in [1.807, 2.05) is 0 Å². The first-order valence-corrected chi connectivity index (χ1v) is 29.3. The maximum atomic E-state index is 12.9. The SMILES string of the molecule is CC/C=C\C/C=C\C/C=C\C/C=C\C/C=C\CCCCCC(=O)OCC(COC(=O)CCCCCCCCCCCCCCCCC)OC(=O)CCCCCCCCCCCCCCCCCC. The predicted molar refractivity (Wildman–Crippen MR) is 293 cm³/mol. The van der Waals surface area contributed by atoms with Crippen LogP contribution in [0.1, 0.15) is 297 Å². The first-order valence-electron chi connectivity index (χ1n) is 29.3. The van der Waals surface area contributed by atoms with Gasteiger partial charge in [-0.3, -0.25) is 14.4 Å². The van der Waals surface area contributed by atoms with E-state index in [0.29, 0.717) is 19.3 Å². The van der Waals surface area contributed by atoms with E-state index in [-0.39, 0.29) is 31.1 Å². The standard InChI is InChI=1S/C62H110O6/c1-4-7-10-13-16-19-22-25-28-30-31-32-35-37-40-43-46-49-52-55-61(64)67-58-59(57-66-60(63)54-51-48-45-42-39-36-33-27-24-21-18-15-12-9-6-3)68-62(65)56-53-50-47-44-41-38-34-29-26-23-20-17-14-11-8-5-2/h7,10,16,19,25,28,31-32,37,40,59H,4-6,8-9,11-15,17-18,20-24,26-27,29-30,33-36,38-39,41-58H2,1-3H3/b10-7-,19-16-,28-25-,32-31-,40-37-. The van der Waals surface area contributed by atoms with Crippen LogP contribution in [0.2, 0.25) is 0 Å². The van der Waals surface area contributed by atoms with Crippen molar-refractivity contribution in [3.63, 3.8) is 0 Å². The molecule has 0 aliphatic heterocycles. The van der Waals surface area contributed by atoms with Gasteiger partial charge in [-0.1, -0.05) is 274 Å². The molecule has 0 aromatic rings. The van der Waals surface area contributed by atoms with Gasteiger partial charge in [0.1, 0.15) is 13.2 Å². The molecule has 0 aliphatic rings. The summed E-state index contributed by atoms with van der Waals surface area (Å²) in [6.45, 7) is 6.54. The van der Waals surface area contributed by atoms with Gasteiger partial charge in [-0.15, -0.1) is 0 Å². The van der Waals surface area contributed by atoms with Crippen LogP contribution in [-0.4, -0.2) is 37.2 Å². The lowest BCUT2D eigenvalue weighted by Crippen LogP contribution is -2.30. The van der Waals surface area contributed by atoms with Crippen LogP contribution >= 0.6 is 0 Å². The van der Waals surface area contributed by atoms with Crippen molar-refractivity contribution in [2.24, 2.45) is 0 Å². The molecule has 0 aromatic carbocycles. The summed E-state index contributed by atoms with van der Waals surface area (Å²) in [5, 5.41) is 0. The normalized spacial score (nSPS) is 12.5. The molecule has 6 nitrogen and oxygen atoms in total. The third-order valence-electron chi connectivity index (χ3n) is 12.8. The summed E-state index contributed by atoms with van der Waals surface area (Å²) in [5.41, 5.74) is 0. The molecule has 0 radical (unpaired) electrons. The Labute approximate surface area is 421 Å². The van der Waals surface area contributed by atoms with Crippen molar-refractivity contribution in [1.29, 1.82) is 0 Å². The Kier molecular flexibility index (Phi) is 54.3. The van der Waals surface area contributed by atoms with Crippen molar-refractivity contribution in [2.45, 2.75) is 303 Å². The third-order valence-corrected chi connectivity index (χ3v) is 12.8. The lowest BCUT2D eigenvalue weighted by molar-refractivity contribution is -0.167. The molecule has 68 heavy (non-hydrogen) atoms. The number of carbonyl (C=O) groups excluding carboxylic acids is 3. The molecule has 0 bridgehead atoms. The first-order chi connectivity index (χ1) is 33.5. The molecule has 0 rings (SSSR count). The molecule has 0 amide bonds. The smallest absolute Gasteiger partial charge is 0.306 e. The molecule has 0 aliphatic carbocycles. The van der Waals surface area contributed by atoms with Crippen molar-refractivity contribution >= 4 is 17.9 Å². The second-order valence-electron chi connectivity index (χ2n) is 19.5. The molecule has 394 valence electrons. The Bertz CT molecular complexity index is 1230. The molecule has 0 heterocycles. The highest BCUT2D eigenvalue weighted by Crippen LogP contribution is 2.17. The summed E-state index contributed by atoms with van der Waals surface area (Å²) in [7, 11) is 0. The van der Waals surface area contributed by atoms with Gasteiger partial charge in [-0.2, -0.15) is 0 Å². The summed E-state index contributed by atoms with van der Waals surface area (Å²) in [5.74, 6) is -0.898. The average molecular weight is 952 g/mol. The maximum absolute atomic E-state index is 12.9. The lowest BCUT2D eigenvalue weighted by atomic mass is 10.0. The molecular weight excluding hydrogens is 841 g/mol. The van der Waals surface area contributed by atoms with Crippen LogP contribution in [0, 0.1) is 0 Å². The number of hydrogen-bond donors (Lipinski definition) is 0. The van der Waals surface area contributed by atoms with Gasteiger partial charge in [-0.05, 0) is 64.2 Å². The minimum Gasteiger partial charge on any atom is -0.462 e. The van der Waals surface area contributed by atoms with Gasteiger partial charge in [0, 0.05) is 19.3 Å². The first kappa shape index (κ1) is 65.1. The van der Waals surface area contributed by atoms with E-state index in [0.717, 1.165) is 96.3 Å². The number of esters is 3. The number of hydrogen-bond acceptors (Lipinski definition) is 6. The summed E-state index contributed by atoms with van der Waals surface area (Å²) < 4.78 is 16.9. The Morgan fingerprint density at radius 1 is 0.309 bits per heavy atom. The van der Waals surface area contributed by atoms with E-state index in [1.165, 1.54) is 161 Å². The van der Waals surface area contributed by atoms with Gasteiger partial charge in [-0.25, -0.2) is 0 Å². The maximum Gasteiger partial charge on any atom is 0.306 e. The fourth-order valence-corrected chi connectivity index (χ4v) is 8.41. The van der Waals surface area contributed by atoms with Crippen LogP contribution in [0.4, 0.5) is 0 Å². The van der Waals surface area contributed by atoms with E-state index < -0.39 is 6.10 Å². The van der Waals surface area contributed by atoms with Gasteiger partial charge in [0.25, 0.3) is 0 Å². The van der Waals surface area contributed by atoms with Gasteiger partial charge >= 0.3 is 17.9 Å². The number of ether oxygens (including phenoxy) is 3. The monoisotopic (exact) mass is 951 g/mol. The molecule has 1 unspecified atom stereocenters. The van der Waals surface area contributed by atoms with Crippen LogP contribution < -0.4 is 0 Å². The molecule has 6 heteroatoms. The van der Waals surface area contributed by atoms with E-state index >= 15 is 0 Å². The fraction of sp³-hybridized carbons (Fsp3) is 0.790. The zero-order valence-corrected chi connectivity index (χ0v) is 45.1. The fourth-order valence-electron chi connectivity index (χ4n) is 8.41. The van der Waals surface area contributed by atoms with E-state index in [1.54, 1.807) is 0 Å². The van der Waals surface area contributed by atoms with Crippen LogP contribution in [-0.2, 0) is 28.6 Å². The van der Waals surface area contributed by atoms with E-state index in [4.69, 9.17) is 14.2 Å². The highest BCUT2D eigenvalue weighted by molar-refractivity contribution is 5.71. The predicted octanol–water partition coefficient (Wildman–Crippen LogP) is 19.6. The third kappa shape index (κ3) is 54.1. The van der Waals surface area contributed by atoms with Crippen LogP contribution in [0.5, 0.6) is 0 Å². The second kappa shape index (κ2) is 56.7. The molecule has 0 aromatic heterocycles. The molecule has 0 fully saturated rings. The van der Waals surface area contributed by atoms with Crippen LogP contribution in [0.15, 0.2) is 60.8 Å². The number of allylic oxidation sites excluding steroid dienone is 10. The number of rotatable bonds is 53. The Morgan fingerprint density at radius 3 is 0.897 bits per heavy atom. The number of carbonyl (C=O) groups is 3. The topological polar surface area (TPSA) is 78.9 Å². The summed E-state index contributed by atoms with van der Waals surface area (Å²) in [6.07, 6.45) is 70.7. The van der Waals surface area contributed by atoms with E-state index in [9.17, 15) is 14.4 Å². The second-order valence-corrected chi connectivity index (χ2v) is 19.5.